The van der Waals surface area contributed by atoms with Crippen LogP contribution in [0.1, 0.15) is 131 Å². The van der Waals surface area contributed by atoms with Gasteiger partial charge in [-0.15, -0.1) is 5.10 Å². The lowest BCUT2D eigenvalue weighted by Crippen LogP contribution is -2.44. The Morgan fingerprint density at radius 1 is 1.15 bits per heavy atom. The van der Waals surface area contributed by atoms with Crippen molar-refractivity contribution in [2.75, 3.05) is 20.1 Å². The van der Waals surface area contributed by atoms with Crippen molar-refractivity contribution in [1.29, 1.82) is 5.26 Å². The Balaban J connectivity index is 0. The third kappa shape index (κ3) is 18.3. The molecule has 1 aliphatic heterocycles. The molecule has 2 aromatic heterocycles. The SMILES string of the molecule is CC.CC(C)(F)C(=O)O.CC1CCC(C(C)NC(=O)c2ccsc2)CC1.CCC.CCC.CN1CCC(C#N)(n2ccnn2)CC1. The summed E-state index contributed by atoms with van der Waals surface area (Å²) in [6.45, 7) is 20.8. The Morgan fingerprint density at radius 3 is 2.02 bits per heavy atom. The lowest BCUT2D eigenvalue weighted by atomic mass is 9.79. The van der Waals surface area contributed by atoms with Gasteiger partial charge in [-0.05, 0) is 76.8 Å². The van der Waals surface area contributed by atoms with Crippen LogP contribution in [0.2, 0.25) is 0 Å². The minimum Gasteiger partial charge on any atom is -0.479 e. The Hall–Kier alpha value is -2.84. The van der Waals surface area contributed by atoms with Crippen molar-refractivity contribution in [2.24, 2.45) is 11.8 Å². The Morgan fingerprint density at radius 2 is 1.65 bits per heavy atom. The molecule has 0 spiro atoms. The molecule has 9 nitrogen and oxygen atoms in total. The normalized spacial score (nSPS) is 19.0. The molecular weight excluding hydrogens is 603 g/mol. The molecule has 1 aliphatic carbocycles. The van der Waals surface area contributed by atoms with E-state index in [1.54, 1.807) is 28.4 Å². The molecule has 1 amide bonds. The number of carbonyl (C=O) groups is 2. The maximum atomic E-state index is 11.9. The van der Waals surface area contributed by atoms with Gasteiger partial charge in [-0.3, -0.25) is 4.79 Å². The second kappa shape index (κ2) is 25.3. The Kier molecular flexibility index (Phi) is 24.9. The summed E-state index contributed by atoms with van der Waals surface area (Å²) in [7, 11) is 2.07. The van der Waals surface area contributed by atoms with E-state index >= 15 is 0 Å². The molecule has 1 saturated heterocycles. The van der Waals surface area contributed by atoms with Gasteiger partial charge in [0.2, 0.25) is 5.67 Å². The van der Waals surface area contributed by atoms with E-state index in [9.17, 15) is 19.2 Å². The number of nitriles is 1. The third-order valence-corrected chi connectivity index (χ3v) is 7.98. The van der Waals surface area contributed by atoms with E-state index in [0.29, 0.717) is 12.0 Å². The van der Waals surface area contributed by atoms with Gasteiger partial charge >= 0.3 is 5.97 Å². The zero-order valence-electron chi connectivity index (χ0n) is 30.5. The number of piperidine rings is 1. The zero-order chi connectivity index (χ0) is 35.8. The number of carbonyl (C=O) groups excluding carboxylic acids is 1. The number of amides is 1. The number of aromatic nitrogens is 3. The number of alkyl halides is 1. The molecule has 3 heterocycles. The van der Waals surface area contributed by atoms with Gasteiger partial charge < -0.3 is 15.3 Å². The smallest absolute Gasteiger partial charge is 0.340 e. The second-order valence-electron chi connectivity index (χ2n) is 12.3. The first-order valence-corrected chi connectivity index (χ1v) is 17.9. The number of nitrogens with one attached hydrogen (secondary N) is 1. The minimum atomic E-state index is -2.08. The summed E-state index contributed by atoms with van der Waals surface area (Å²) in [6, 6.07) is 4.56. The number of nitrogens with zero attached hydrogens (tertiary/aromatic N) is 5. The van der Waals surface area contributed by atoms with E-state index in [1.807, 2.05) is 30.7 Å². The number of likely N-dealkylation sites (tertiary alicyclic amines) is 1. The fourth-order valence-electron chi connectivity index (χ4n) is 4.40. The van der Waals surface area contributed by atoms with Gasteiger partial charge in [0.05, 0.1) is 12.3 Å². The maximum Gasteiger partial charge on any atom is 0.340 e. The van der Waals surface area contributed by atoms with Crippen LogP contribution in [0.15, 0.2) is 29.2 Å². The molecule has 2 aliphatic rings. The van der Waals surface area contributed by atoms with Gasteiger partial charge in [0, 0.05) is 36.3 Å². The molecule has 2 fully saturated rings. The number of rotatable bonds is 5. The number of hydrogen-bond acceptors (Lipinski definition) is 7. The molecule has 264 valence electrons. The molecule has 1 atom stereocenters. The van der Waals surface area contributed by atoms with E-state index < -0.39 is 17.2 Å². The van der Waals surface area contributed by atoms with Crippen LogP contribution in [0.5, 0.6) is 0 Å². The van der Waals surface area contributed by atoms with E-state index in [4.69, 9.17) is 5.11 Å². The summed E-state index contributed by atoms with van der Waals surface area (Å²) < 4.78 is 13.6. The van der Waals surface area contributed by atoms with Crippen molar-refractivity contribution < 1.29 is 19.1 Å². The van der Waals surface area contributed by atoms with Crippen LogP contribution in [0.25, 0.3) is 0 Å². The average molecular weight is 667 g/mol. The molecule has 46 heavy (non-hydrogen) atoms. The van der Waals surface area contributed by atoms with Crippen molar-refractivity contribution in [3.8, 4) is 6.07 Å². The van der Waals surface area contributed by atoms with Crippen molar-refractivity contribution in [3.05, 3.63) is 34.8 Å². The summed E-state index contributed by atoms with van der Waals surface area (Å²) in [4.78, 5) is 23.8. The fourth-order valence-corrected chi connectivity index (χ4v) is 5.04. The summed E-state index contributed by atoms with van der Waals surface area (Å²) in [5.41, 5.74) is -1.76. The number of carboxylic acid groups (broad SMARTS) is 1. The van der Waals surface area contributed by atoms with Gasteiger partial charge in [-0.2, -0.15) is 16.6 Å². The molecular formula is C35H63FN6O3S. The van der Waals surface area contributed by atoms with Gasteiger partial charge in [0.15, 0.2) is 5.54 Å². The van der Waals surface area contributed by atoms with Crippen molar-refractivity contribution in [2.45, 2.75) is 138 Å². The molecule has 1 unspecified atom stereocenters. The molecule has 2 aromatic rings. The van der Waals surface area contributed by atoms with Crippen LogP contribution < -0.4 is 5.32 Å². The molecule has 4 rings (SSSR count). The first kappa shape index (κ1) is 45.3. The fraction of sp³-hybridized carbons (Fsp3) is 0.743. The highest BCUT2D eigenvalue weighted by atomic mass is 32.1. The summed E-state index contributed by atoms with van der Waals surface area (Å²) >= 11 is 1.57. The van der Waals surface area contributed by atoms with Crippen molar-refractivity contribution >= 4 is 23.2 Å². The lowest BCUT2D eigenvalue weighted by molar-refractivity contribution is -0.148. The predicted octanol–water partition coefficient (Wildman–Crippen LogP) is 8.59. The van der Waals surface area contributed by atoms with Gasteiger partial charge in [-0.1, -0.05) is 79.4 Å². The highest BCUT2D eigenvalue weighted by molar-refractivity contribution is 7.08. The van der Waals surface area contributed by atoms with Crippen molar-refractivity contribution in [3.63, 3.8) is 0 Å². The molecule has 11 heteroatoms. The Labute approximate surface area is 283 Å². The van der Waals surface area contributed by atoms with E-state index in [2.05, 4.69) is 75.2 Å². The van der Waals surface area contributed by atoms with Gasteiger partial charge in [0.1, 0.15) is 0 Å². The first-order chi connectivity index (χ1) is 21.7. The lowest BCUT2D eigenvalue weighted by Gasteiger charge is -2.34. The second-order valence-corrected chi connectivity index (χ2v) is 13.1. The third-order valence-electron chi connectivity index (χ3n) is 7.30. The maximum absolute atomic E-state index is 11.9. The number of carboxylic acids is 1. The molecule has 0 radical (unpaired) electrons. The topological polar surface area (TPSA) is 124 Å². The van der Waals surface area contributed by atoms with Crippen LogP contribution in [0, 0.1) is 23.2 Å². The van der Waals surface area contributed by atoms with Crippen LogP contribution in [-0.2, 0) is 10.3 Å². The average Bonchev–Trinajstić information content (AvgIpc) is 3.76. The van der Waals surface area contributed by atoms with E-state index in [1.165, 1.54) is 38.5 Å². The van der Waals surface area contributed by atoms with Gasteiger partial charge in [0.25, 0.3) is 5.91 Å². The number of hydrogen-bond donors (Lipinski definition) is 2. The van der Waals surface area contributed by atoms with E-state index in [0.717, 1.165) is 51.3 Å². The summed E-state index contributed by atoms with van der Waals surface area (Å²) in [6.07, 6.45) is 12.7. The molecule has 0 aromatic carbocycles. The zero-order valence-corrected chi connectivity index (χ0v) is 31.3. The highest BCUT2D eigenvalue weighted by Gasteiger charge is 2.36. The number of halogens is 1. The quantitative estimate of drug-likeness (QED) is 0.327. The molecule has 0 bridgehead atoms. The monoisotopic (exact) mass is 666 g/mol. The molecule has 1 saturated carbocycles. The van der Waals surface area contributed by atoms with Crippen LogP contribution >= 0.6 is 11.3 Å². The first-order valence-electron chi connectivity index (χ1n) is 16.9. The van der Waals surface area contributed by atoms with Gasteiger partial charge in [-0.25, -0.2) is 13.9 Å². The predicted molar refractivity (Wildman–Crippen MR) is 189 cm³/mol. The van der Waals surface area contributed by atoms with E-state index in [-0.39, 0.29) is 5.91 Å². The number of thiophene rings is 1. The standard InChI is InChI=1S/C14H21NOS.C9H13N5.C4H7FO2.2C3H8.C2H6/c1-10-3-5-12(6-4-10)11(2)15-14(16)13-7-8-17-9-13;1-13-5-2-9(8-10,3-6-13)14-7-4-11-12-14;1-4(2,5)3(6)7;2*1-3-2;1-2/h7-12H,3-6H2,1-2H3,(H,15,16);4,7H,2-3,5-6H2,1H3;1-2H3,(H,6,7);2*3H2,1-2H3;1-2H3. The summed E-state index contributed by atoms with van der Waals surface area (Å²) in [5.74, 6) is 0.185. The van der Waals surface area contributed by atoms with Crippen LogP contribution in [-0.4, -0.2) is 68.7 Å². The van der Waals surface area contributed by atoms with Crippen LogP contribution in [0.3, 0.4) is 0 Å². The minimum absolute atomic E-state index is 0.0809. The number of aliphatic carboxylic acids is 1. The largest absolute Gasteiger partial charge is 0.479 e. The van der Waals surface area contributed by atoms with Crippen LogP contribution in [0.4, 0.5) is 4.39 Å². The molecule has 2 N–H and O–H groups in total. The Bertz CT molecular complexity index is 1050. The summed E-state index contributed by atoms with van der Waals surface area (Å²) in [5, 5.41) is 31.8. The van der Waals surface area contributed by atoms with Crippen molar-refractivity contribution in [1.82, 2.24) is 25.2 Å². The highest BCUT2D eigenvalue weighted by Crippen LogP contribution is 2.30.